The fraction of sp³-hybridized carbons (Fsp3) is 0.417. The highest BCUT2D eigenvalue weighted by Gasteiger charge is 2.14. The summed E-state index contributed by atoms with van der Waals surface area (Å²) < 4.78 is 6.55. The molecule has 0 aliphatic carbocycles. The molecule has 0 atom stereocenters. The quantitative estimate of drug-likeness (QED) is 0.731. The molecule has 0 aromatic heterocycles. The van der Waals surface area contributed by atoms with Gasteiger partial charge in [0.1, 0.15) is 5.75 Å². The first-order valence-corrected chi connectivity index (χ1v) is 5.94. The molecule has 2 nitrogen and oxygen atoms in total. The van der Waals surface area contributed by atoms with Gasteiger partial charge in [0.2, 0.25) is 0 Å². The molecular weight excluding hydrogens is 256 g/mol. The smallest absolute Gasteiger partial charge is 0.159 e. The monoisotopic (exact) mass is 268 g/mol. The Labute approximate surface area is 97.8 Å². The number of Topliss-reactive ketones (excluding diaryl/α,β-unsaturated/α-hetero) is 1. The third-order valence-electron chi connectivity index (χ3n) is 2.61. The maximum atomic E-state index is 11.3. The van der Waals surface area contributed by atoms with Crippen LogP contribution in [0.3, 0.4) is 0 Å². The number of benzene rings is 1. The van der Waals surface area contributed by atoms with Crippen LogP contribution in [0.2, 0.25) is 0 Å². The van der Waals surface area contributed by atoms with Gasteiger partial charge in [-0.1, -0.05) is 0 Å². The van der Waals surface area contributed by atoms with Gasteiger partial charge in [0.15, 0.2) is 5.78 Å². The third-order valence-corrected chi connectivity index (χ3v) is 3.20. The second-order valence-electron chi connectivity index (χ2n) is 3.81. The van der Waals surface area contributed by atoms with E-state index in [1.165, 1.54) is 0 Å². The predicted molar refractivity (Wildman–Crippen MR) is 62.6 cm³/mol. The number of hydrogen-bond acceptors (Lipinski definition) is 2. The molecule has 0 amide bonds. The molecule has 0 spiro atoms. The Bertz CT molecular complexity index is 399. The summed E-state index contributed by atoms with van der Waals surface area (Å²) in [4.78, 5) is 11.3. The Balaban J connectivity index is 2.48. The number of halogens is 1. The van der Waals surface area contributed by atoms with Crippen LogP contribution in [-0.2, 0) is 6.42 Å². The van der Waals surface area contributed by atoms with Crippen LogP contribution in [0.1, 0.15) is 35.7 Å². The van der Waals surface area contributed by atoms with E-state index in [0.29, 0.717) is 0 Å². The molecule has 0 unspecified atom stereocenters. The van der Waals surface area contributed by atoms with Crippen LogP contribution in [0.4, 0.5) is 0 Å². The molecule has 0 N–H and O–H groups in total. The van der Waals surface area contributed by atoms with Crippen LogP contribution < -0.4 is 4.74 Å². The van der Waals surface area contributed by atoms with Crippen LogP contribution in [-0.4, -0.2) is 12.4 Å². The first-order valence-electron chi connectivity index (χ1n) is 5.14. The summed E-state index contributed by atoms with van der Waals surface area (Å²) in [6, 6.07) is 3.79. The third kappa shape index (κ3) is 2.23. The second kappa shape index (κ2) is 4.35. The van der Waals surface area contributed by atoms with E-state index in [-0.39, 0.29) is 5.78 Å². The average molecular weight is 269 g/mol. The number of carbonyl (C=O) groups is 1. The first-order chi connectivity index (χ1) is 7.18. The van der Waals surface area contributed by atoms with Gasteiger partial charge in [-0.25, -0.2) is 0 Å². The lowest BCUT2D eigenvalue weighted by Gasteiger charge is -2.10. The fourth-order valence-corrected chi connectivity index (χ4v) is 2.41. The molecule has 1 heterocycles. The van der Waals surface area contributed by atoms with Crippen LogP contribution in [0.15, 0.2) is 16.6 Å². The maximum absolute atomic E-state index is 11.3. The van der Waals surface area contributed by atoms with Crippen LogP contribution in [0.5, 0.6) is 5.75 Å². The van der Waals surface area contributed by atoms with Gasteiger partial charge in [-0.15, -0.1) is 0 Å². The maximum Gasteiger partial charge on any atom is 0.159 e. The molecule has 2 rings (SSSR count). The van der Waals surface area contributed by atoms with Gasteiger partial charge in [-0.3, -0.25) is 4.79 Å². The Kier molecular flexibility index (Phi) is 3.10. The summed E-state index contributed by atoms with van der Waals surface area (Å²) >= 11 is 3.46. The molecular formula is C12H13BrO2. The molecule has 15 heavy (non-hydrogen) atoms. The number of aryl methyl sites for hydroxylation is 1. The van der Waals surface area contributed by atoms with Crippen LogP contribution in [0.25, 0.3) is 0 Å². The number of ketones is 1. The standard InChI is InChI=1S/C12H13BrO2/c1-8(14)10-6-9-4-2-3-5-15-12(9)11(13)7-10/h6-7H,2-5H2,1H3. The van der Waals surface area contributed by atoms with E-state index in [1.54, 1.807) is 6.92 Å². The minimum Gasteiger partial charge on any atom is -0.492 e. The number of hydrogen-bond donors (Lipinski definition) is 0. The minimum atomic E-state index is 0.0998. The summed E-state index contributed by atoms with van der Waals surface area (Å²) in [7, 11) is 0. The van der Waals surface area contributed by atoms with Crippen molar-refractivity contribution in [1.29, 1.82) is 0 Å². The zero-order chi connectivity index (χ0) is 10.8. The van der Waals surface area contributed by atoms with Crippen molar-refractivity contribution in [2.45, 2.75) is 26.2 Å². The Morgan fingerprint density at radius 1 is 1.40 bits per heavy atom. The first kappa shape index (κ1) is 10.7. The average Bonchev–Trinajstić information content (AvgIpc) is 2.42. The molecule has 3 heteroatoms. The van der Waals surface area contributed by atoms with Crippen molar-refractivity contribution in [3.8, 4) is 5.75 Å². The Hall–Kier alpha value is -0.830. The molecule has 1 aromatic carbocycles. The number of carbonyl (C=O) groups excluding carboxylic acids is 1. The number of fused-ring (bicyclic) bond motifs is 1. The van der Waals surface area contributed by atoms with Gasteiger partial charge in [0.05, 0.1) is 11.1 Å². The predicted octanol–water partition coefficient (Wildman–Crippen LogP) is 3.37. The highest BCUT2D eigenvalue weighted by molar-refractivity contribution is 9.10. The van der Waals surface area contributed by atoms with Crippen molar-refractivity contribution < 1.29 is 9.53 Å². The van der Waals surface area contributed by atoms with Gasteiger partial charge in [0, 0.05) is 5.56 Å². The van der Waals surface area contributed by atoms with E-state index in [1.807, 2.05) is 12.1 Å². The molecule has 80 valence electrons. The molecule has 1 aliphatic heterocycles. The molecule has 0 bridgehead atoms. The summed E-state index contributed by atoms with van der Waals surface area (Å²) in [6.45, 7) is 2.36. The summed E-state index contributed by atoms with van der Waals surface area (Å²) in [5.41, 5.74) is 1.90. The van der Waals surface area contributed by atoms with Crippen LogP contribution >= 0.6 is 15.9 Å². The Morgan fingerprint density at radius 2 is 2.20 bits per heavy atom. The highest BCUT2D eigenvalue weighted by atomic mass is 79.9. The zero-order valence-corrected chi connectivity index (χ0v) is 10.3. The van der Waals surface area contributed by atoms with E-state index in [0.717, 1.165) is 47.2 Å². The van der Waals surface area contributed by atoms with Gasteiger partial charge in [0.25, 0.3) is 0 Å². The molecule has 0 fully saturated rings. The van der Waals surface area contributed by atoms with Gasteiger partial charge < -0.3 is 4.74 Å². The van der Waals surface area contributed by atoms with Crippen molar-refractivity contribution >= 4 is 21.7 Å². The summed E-state index contributed by atoms with van der Waals surface area (Å²) in [6.07, 6.45) is 3.20. The highest BCUT2D eigenvalue weighted by Crippen LogP contribution is 2.33. The molecule has 1 aromatic rings. The van der Waals surface area contributed by atoms with Crippen molar-refractivity contribution in [3.05, 3.63) is 27.7 Å². The number of rotatable bonds is 1. The zero-order valence-electron chi connectivity index (χ0n) is 8.68. The van der Waals surface area contributed by atoms with E-state index < -0.39 is 0 Å². The van der Waals surface area contributed by atoms with Crippen molar-refractivity contribution in [2.75, 3.05) is 6.61 Å². The van der Waals surface area contributed by atoms with Crippen LogP contribution in [0, 0.1) is 0 Å². The lowest BCUT2D eigenvalue weighted by Crippen LogP contribution is -1.99. The van der Waals surface area contributed by atoms with Crippen molar-refractivity contribution in [1.82, 2.24) is 0 Å². The van der Waals surface area contributed by atoms with E-state index in [4.69, 9.17) is 4.74 Å². The van der Waals surface area contributed by atoms with Gasteiger partial charge in [-0.05, 0) is 59.8 Å². The van der Waals surface area contributed by atoms with E-state index in [2.05, 4.69) is 15.9 Å². The Morgan fingerprint density at radius 3 is 2.93 bits per heavy atom. The largest absolute Gasteiger partial charge is 0.492 e. The molecule has 0 saturated heterocycles. The molecule has 0 radical (unpaired) electrons. The lowest BCUT2D eigenvalue weighted by atomic mass is 10.0. The molecule has 0 saturated carbocycles. The van der Waals surface area contributed by atoms with E-state index in [9.17, 15) is 4.79 Å². The molecule has 1 aliphatic rings. The van der Waals surface area contributed by atoms with Gasteiger partial charge >= 0.3 is 0 Å². The summed E-state index contributed by atoms with van der Waals surface area (Å²) in [5, 5.41) is 0. The topological polar surface area (TPSA) is 26.3 Å². The second-order valence-corrected chi connectivity index (χ2v) is 4.66. The minimum absolute atomic E-state index is 0.0998. The van der Waals surface area contributed by atoms with Crippen molar-refractivity contribution in [2.24, 2.45) is 0 Å². The number of ether oxygens (including phenoxy) is 1. The van der Waals surface area contributed by atoms with Gasteiger partial charge in [-0.2, -0.15) is 0 Å². The SMILES string of the molecule is CC(=O)c1cc(Br)c2c(c1)CCCCO2. The normalized spacial score (nSPS) is 15.1. The lowest BCUT2D eigenvalue weighted by molar-refractivity contribution is 0.101. The summed E-state index contributed by atoms with van der Waals surface area (Å²) in [5.74, 6) is 1.01. The van der Waals surface area contributed by atoms with E-state index >= 15 is 0 Å². The van der Waals surface area contributed by atoms with Crippen molar-refractivity contribution in [3.63, 3.8) is 0 Å². The fourth-order valence-electron chi connectivity index (χ4n) is 1.79.